The van der Waals surface area contributed by atoms with Crippen LogP contribution < -0.4 is 10.6 Å². The Balaban J connectivity index is 1.84. The van der Waals surface area contributed by atoms with Crippen molar-refractivity contribution >= 4 is 51.1 Å². The Morgan fingerprint density at radius 1 is 1.04 bits per heavy atom. The van der Waals surface area contributed by atoms with Gasteiger partial charge in [0.1, 0.15) is 0 Å². The summed E-state index contributed by atoms with van der Waals surface area (Å²) in [6.45, 7) is 2.88. The number of carbonyl (C=O) groups is 3. The molecule has 3 amide bonds. The molecule has 0 aromatic heterocycles. The highest BCUT2D eigenvalue weighted by Crippen LogP contribution is 2.34. The maximum Gasteiger partial charge on any atom is 0.226 e. The van der Waals surface area contributed by atoms with E-state index in [1.807, 2.05) is 30.3 Å². The first kappa shape index (κ1) is 19.8. The molecular weight excluding hydrogens is 422 g/mol. The fourth-order valence-electron chi connectivity index (χ4n) is 3.21. The van der Waals surface area contributed by atoms with Gasteiger partial charge in [0.25, 0.3) is 0 Å². The molecule has 144 valence electrons. The number of rotatable bonds is 4. The number of fused-ring (bicyclic) bond motifs is 1. The largest absolute Gasteiger partial charge is 0.325 e. The maximum absolute atomic E-state index is 12.8. The zero-order valence-electron chi connectivity index (χ0n) is 15.5. The first-order valence-corrected chi connectivity index (χ1v) is 9.57. The highest BCUT2D eigenvalue weighted by Gasteiger charge is 2.28. The van der Waals surface area contributed by atoms with Gasteiger partial charge in [-0.3, -0.25) is 14.4 Å². The van der Waals surface area contributed by atoms with Crippen molar-refractivity contribution in [3.05, 3.63) is 64.3 Å². The maximum atomic E-state index is 12.8. The molecule has 28 heavy (non-hydrogen) atoms. The molecule has 0 bridgehead atoms. The van der Waals surface area contributed by atoms with Crippen LogP contribution in [0.3, 0.4) is 0 Å². The van der Waals surface area contributed by atoms with Gasteiger partial charge in [0, 0.05) is 24.5 Å². The molecule has 1 unspecified atom stereocenters. The molecular formula is C21H20BrN3O3. The topological polar surface area (TPSA) is 78.5 Å². The van der Waals surface area contributed by atoms with E-state index in [9.17, 15) is 14.4 Å². The van der Waals surface area contributed by atoms with Gasteiger partial charge in [-0.25, -0.2) is 0 Å². The number of hydrogen-bond acceptors (Lipinski definition) is 3. The number of benzene rings is 2. The number of amides is 3. The fraction of sp³-hybridized carbons (Fsp3) is 0.190. The second-order valence-corrected chi connectivity index (χ2v) is 7.43. The van der Waals surface area contributed by atoms with E-state index in [-0.39, 0.29) is 24.1 Å². The molecule has 0 saturated carbocycles. The van der Waals surface area contributed by atoms with Crippen molar-refractivity contribution in [2.75, 3.05) is 10.6 Å². The predicted octanol–water partition coefficient (Wildman–Crippen LogP) is 4.31. The quantitative estimate of drug-likeness (QED) is 0.741. The van der Waals surface area contributed by atoms with E-state index in [1.54, 1.807) is 29.3 Å². The lowest BCUT2D eigenvalue weighted by atomic mass is 9.93. The van der Waals surface area contributed by atoms with Gasteiger partial charge in [0.2, 0.25) is 17.7 Å². The molecule has 1 heterocycles. The number of nitrogens with one attached hydrogen (secondary N) is 2. The molecule has 0 saturated heterocycles. The summed E-state index contributed by atoms with van der Waals surface area (Å²) in [5.74, 6) is -0.622. The third-order valence-electron chi connectivity index (χ3n) is 4.41. The standard InChI is InChI=1S/C21H20BrN3O3/c1-13(26)23-18-8-7-16(22)11-19(18)24-21(28)12-20-17-6-4-3-5-15(17)9-10-25(20)14(2)27/h3-11,20H,12H2,1-2H3,(H,23,26)(H,24,28). The Labute approximate surface area is 171 Å². The second-order valence-electron chi connectivity index (χ2n) is 6.51. The minimum absolute atomic E-state index is 0.0902. The first-order chi connectivity index (χ1) is 13.3. The van der Waals surface area contributed by atoms with Crippen LogP contribution in [-0.4, -0.2) is 22.6 Å². The van der Waals surface area contributed by atoms with Crippen LogP contribution in [0.5, 0.6) is 0 Å². The molecule has 1 atom stereocenters. The molecule has 0 radical (unpaired) electrons. The van der Waals surface area contributed by atoms with Crippen molar-refractivity contribution in [1.29, 1.82) is 0 Å². The molecule has 1 aliphatic heterocycles. The monoisotopic (exact) mass is 441 g/mol. The lowest BCUT2D eigenvalue weighted by Gasteiger charge is -2.32. The number of halogens is 1. The van der Waals surface area contributed by atoms with Gasteiger partial charge in [-0.15, -0.1) is 0 Å². The Morgan fingerprint density at radius 3 is 2.50 bits per heavy atom. The third kappa shape index (κ3) is 4.48. The van der Waals surface area contributed by atoms with Gasteiger partial charge in [-0.1, -0.05) is 40.2 Å². The zero-order chi connectivity index (χ0) is 20.3. The minimum Gasteiger partial charge on any atom is -0.325 e. The van der Waals surface area contributed by atoms with Crippen molar-refractivity contribution in [3.8, 4) is 0 Å². The van der Waals surface area contributed by atoms with Crippen LogP contribution in [-0.2, 0) is 14.4 Å². The van der Waals surface area contributed by atoms with Gasteiger partial charge >= 0.3 is 0 Å². The average molecular weight is 442 g/mol. The molecule has 6 nitrogen and oxygen atoms in total. The van der Waals surface area contributed by atoms with E-state index in [0.717, 1.165) is 15.6 Å². The normalized spacial score (nSPS) is 15.0. The molecule has 2 aromatic rings. The molecule has 7 heteroatoms. The van der Waals surface area contributed by atoms with E-state index in [2.05, 4.69) is 26.6 Å². The van der Waals surface area contributed by atoms with Crippen molar-refractivity contribution < 1.29 is 14.4 Å². The van der Waals surface area contributed by atoms with E-state index in [1.165, 1.54) is 13.8 Å². The lowest BCUT2D eigenvalue weighted by molar-refractivity contribution is -0.129. The first-order valence-electron chi connectivity index (χ1n) is 8.78. The summed E-state index contributed by atoms with van der Waals surface area (Å²) in [5, 5.41) is 5.55. The molecule has 3 rings (SSSR count). The highest BCUT2D eigenvalue weighted by molar-refractivity contribution is 9.10. The number of carbonyl (C=O) groups excluding carboxylic acids is 3. The number of anilines is 2. The summed E-state index contributed by atoms with van der Waals surface area (Å²) < 4.78 is 0.771. The van der Waals surface area contributed by atoms with Crippen LogP contribution in [0, 0.1) is 0 Å². The van der Waals surface area contributed by atoms with Gasteiger partial charge in [-0.2, -0.15) is 0 Å². The Morgan fingerprint density at radius 2 is 1.79 bits per heavy atom. The molecule has 2 N–H and O–H groups in total. The zero-order valence-corrected chi connectivity index (χ0v) is 17.1. The van der Waals surface area contributed by atoms with Crippen LogP contribution in [0.2, 0.25) is 0 Å². The summed E-state index contributed by atoms with van der Waals surface area (Å²) >= 11 is 3.37. The van der Waals surface area contributed by atoms with Gasteiger partial charge in [0.05, 0.1) is 23.8 Å². The summed E-state index contributed by atoms with van der Waals surface area (Å²) in [6.07, 6.45) is 3.67. The van der Waals surface area contributed by atoms with E-state index >= 15 is 0 Å². The van der Waals surface area contributed by atoms with Crippen molar-refractivity contribution in [3.63, 3.8) is 0 Å². The fourth-order valence-corrected chi connectivity index (χ4v) is 3.57. The van der Waals surface area contributed by atoms with Crippen LogP contribution in [0.25, 0.3) is 6.08 Å². The average Bonchev–Trinajstić information content (AvgIpc) is 2.63. The minimum atomic E-state index is -0.393. The number of hydrogen-bond donors (Lipinski definition) is 2. The second kappa shape index (κ2) is 8.39. The van der Waals surface area contributed by atoms with Crippen LogP contribution in [0.1, 0.15) is 37.4 Å². The molecule has 1 aliphatic rings. The van der Waals surface area contributed by atoms with Crippen LogP contribution in [0.15, 0.2) is 53.1 Å². The molecule has 0 aliphatic carbocycles. The van der Waals surface area contributed by atoms with Gasteiger partial charge in [-0.05, 0) is 35.4 Å². The van der Waals surface area contributed by atoms with E-state index in [4.69, 9.17) is 0 Å². The summed E-state index contributed by atoms with van der Waals surface area (Å²) in [6, 6.07) is 12.5. The summed E-state index contributed by atoms with van der Waals surface area (Å²) in [7, 11) is 0. The van der Waals surface area contributed by atoms with Gasteiger partial charge in [0.15, 0.2) is 0 Å². The molecule has 0 fully saturated rings. The van der Waals surface area contributed by atoms with E-state index < -0.39 is 6.04 Å². The SMILES string of the molecule is CC(=O)Nc1ccc(Br)cc1NC(=O)CC1c2ccccc2C=CN1C(C)=O. The highest BCUT2D eigenvalue weighted by atomic mass is 79.9. The lowest BCUT2D eigenvalue weighted by Crippen LogP contribution is -2.33. The third-order valence-corrected chi connectivity index (χ3v) is 4.91. The molecule has 0 spiro atoms. The van der Waals surface area contributed by atoms with Crippen molar-refractivity contribution in [2.24, 2.45) is 0 Å². The van der Waals surface area contributed by atoms with Crippen LogP contribution in [0.4, 0.5) is 11.4 Å². The van der Waals surface area contributed by atoms with E-state index in [0.29, 0.717) is 11.4 Å². The van der Waals surface area contributed by atoms with Crippen molar-refractivity contribution in [2.45, 2.75) is 26.3 Å². The Kier molecular flexibility index (Phi) is 5.94. The predicted molar refractivity (Wildman–Crippen MR) is 112 cm³/mol. The smallest absolute Gasteiger partial charge is 0.226 e. The van der Waals surface area contributed by atoms with Gasteiger partial charge < -0.3 is 15.5 Å². The Bertz CT molecular complexity index is 971. The Hall–Kier alpha value is -2.93. The summed E-state index contributed by atoms with van der Waals surface area (Å²) in [5.41, 5.74) is 2.91. The number of nitrogens with zero attached hydrogens (tertiary/aromatic N) is 1. The van der Waals surface area contributed by atoms with Crippen LogP contribution >= 0.6 is 15.9 Å². The van der Waals surface area contributed by atoms with Crippen molar-refractivity contribution in [1.82, 2.24) is 4.90 Å². The molecule has 2 aromatic carbocycles. The summed E-state index contributed by atoms with van der Waals surface area (Å²) in [4.78, 5) is 37.9.